The van der Waals surface area contributed by atoms with Gasteiger partial charge < -0.3 is 9.64 Å². The van der Waals surface area contributed by atoms with Crippen molar-refractivity contribution in [3.8, 4) is 6.07 Å². The number of rotatable bonds is 4. The lowest BCUT2D eigenvalue weighted by Crippen LogP contribution is -2.49. The van der Waals surface area contributed by atoms with Gasteiger partial charge in [-0.15, -0.1) is 0 Å². The first-order chi connectivity index (χ1) is 11.3. The summed E-state index contributed by atoms with van der Waals surface area (Å²) in [4.78, 5) is 14.2. The highest BCUT2D eigenvalue weighted by Crippen LogP contribution is 2.27. The molecule has 0 radical (unpaired) electrons. The predicted octanol–water partition coefficient (Wildman–Crippen LogP) is 3.47. The Hall–Kier alpha value is -2.13. The number of benzene rings is 1. The summed E-state index contributed by atoms with van der Waals surface area (Å²) >= 11 is 0. The number of halogens is 1. The molecule has 1 aromatic carbocycles. The zero-order valence-corrected chi connectivity index (χ0v) is 15.4. The minimum Gasteiger partial charge on any atom is -0.444 e. The SMILES string of the molecule is C[C@@H]1C[C@@H](C(C#N)NCc2ccccc2)N(C(=O)OC(C)(C)C)C1.F. The highest BCUT2D eigenvalue weighted by atomic mass is 19.0. The highest BCUT2D eigenvalue weighted by Gasteiger charge is 2.40. The number of nitriles is 1. The quantitative estimate of drug-likeness (QED) is 0.904. The van der Waals surface area contributed by atoms with Gasteiger partial charge in [-0.2, -0.15) is 5.26 Å². The number of carbonyl (C=O) groups is 1. The van der Waals surface area contributed by atoms with Crippen LogP contribution in [0.3, 0.4) is 0 Å². The topological polar surface area (TPSA) is 65.4 Å². The highest BCUT2D eigenvalue weighted by molar-refractivity contribution is 5.69. The molecule has 1 aliphatic heterocycles. The number of nitrogens with zero attached hydrogens (tertiary/aromatic N) is 2. The molecule has 1 heterocycles. The van der Waals surface area contributed by atoms with Gasteiger partial charge >= 0.3 is 6.09 Å². The summed E-state index contributed by atoms with van der Waals surface area (Å²) in [6.45, 7) is 8.90. The van der Waals surface area contributed by atoms with Crippen LogP contribution in [0.1, 0.15) is 39.7 Å². The van der Waals surface area contributed by atoms with Gasteiger partial charge in [0.25, 0.3) is 0 Å². The second-order valence-corrected chi connectivity index (χ2v) is 7.51. The van der Waals surface area contributed by atoms with Crippen molar-refractivity contribution in [3.05, 3.63) is 35.9 Å². The fraction of sp³-hybridized carbons (Fsp3) is 0.579. The van der Waals surface area contributed by atoms with E-state index in [9.17, 15) is 10.1 Å². The van der Waals surface area contributed by atoms with Gasteiger partial charge in [-0.05, 0) is 38.7 Å². The number of hydrogen-bond acceptors (Lipinski definition) is 4. The van der Waals surface area contributed by atoms with Crippen molar-refractivity contribution in [2.45, 2.75) is 58.3 Å². The minimum atomic E-state index is -0.535. The number of amides is 1. The zero-order chi connectivity index (χ0) is 17.7. The Kier molecular flexibility index (Phi) is 7.38. The van der Waals surface area contributed by atoms with E-state index in [0.717, 1.165) is 12.0 Å². The van der Waals surface area contributed by atoms with Crippen molar-refractivity contribution in [2.24, 2.45) is 5.92 Å². The maximum atomic E-state index is 12.5. The first-order valence-corrected chi connectivity index (χ1v) is 8.46. The Morgan fingerprint density at radius 1 is 1.40 bits per heavy atom. The monoisotopic (exact) mass is 349 g/mol. The van der Waals surface area contributed by atoms with Crippen molar-refractivity contribution in [2.75, 3.05) is 6.54 Å². The molecule has 1 aromatic rings. The molecule has 0 spiro atoms. The lowest BCUT2D eigenvalue weighted by Gasteiger charge is -2.31. The van der Waals surface area contributed by atoms with Crippen LogP contribution in [0, 0.1) is 17.2 Å². The van der Waals surface area contributed by atoms with Gasteiger partial charge in [0.05, 0.1) is 12.1 Å². The van der Waals surface area contributed by atoms with Gasteiger partial charge in [0, 0.05) is 13.1 Å². The summed E-state index contributed by atoms with van der Waals surface area (Å²) in [5, 5.41) is 12.9. The summed E-state index contributed by atoms with van der Waals surface area (Å²) < 4.78 is 5.51. The summed E-state index contributed by atoms with van der Waals surface area (Å²) in [5.41, 5.74) is 0.584. The van der Waals surface area contributed by atoms with Crippen LogP contribution in [-0.2, 0) is 11.3 Å². The Bertz CT molecular complexity index is 595. The number of nitrogens with one attached hydrogen (secondary N) is 1. The van der Waals surface area contributed by atoms with Crippen LogP contribution >= 0.6 is 0 Å². The molecule has 1 N–H and O–H groups in total. The molecule has 1 fully saturated rings. The molecule has 0 aliphatic carbocycles. The Morgan fingerprint density at radius 2 is 2.04 bits per heavy atom. The predicted molar refractivity (Wildman–Crippen MR) is 95.7 cm³/mol. The lowest BCUT2D eigenvalue weighted by atomic mass is 10.0. The Labute approximate surface area is 149 Å². The molecule has 2 rings (SSSR count). The summed E-state index contributed by atoms with van der Waals surface area (Å²) in [6.07, 6.45) is 0.470. The maximum absolute atomic E-state index is 12.5. The molecule has 6 heteroatoms. The zero-order valence-electron chi connectivity index (χ0n) is 15.4. The van der Waals surface area contributed by atoms with Crippen LogP contribution in [0.5, 0.6) is 0 Å². The van der Waals surface area contributed by atoms with Crippen LogP contribution < -0.4 is 5.32 Å². The molecular weight excluding hydrogens is 321 g/mol. The van der Waals surface area contributed by atoms with Gasteiger partial charge in [0.15, 0.2) is 0 Å². The van der Waals surface area contributed by atoms with E-state index in [2.05, 4.69) is 18.3 Å². The van der Waals surface area contributed by atoms with E-state index in [1.807, 2.05) is 51.1 Å². The van der Waals surface area contributed by atoms with Crippen LogP contribution in [0.15, 0.2) is 30.3 Å². The molecule has 1 amide bonds. The molecule has 0 aromatic heterocycles. The lowest BCUT2D eigenvalue weighted by molar-refractivity contribution is 0.0206. The number of ether oxygens (including phenoxy) is 1. The fourth-order valence-electron chi connectivity index (χ4n) is 3.02. The molecule has 138 valence electrons. The summed E-state index contributed by atoms with van der Waals surface area (Å²) in [7, 11) is 0. The van der Waals surface area contributed by atoms with E-state index < -0.39 is 11.6 Å². The molecule has 1 saturated heterocycles. The minimum absolute atomic E-state index is 0. The first kappa shape index (κ1) is 20.9. The average Bonchev–Trinajstić information content (AvgIpc) is 2.89. The van der Waals surface area contributed by atoms with Crippen molar-refractivity contribution in [1.29, 1.82) is 5.26 Å². The van der Waals surface area contributed by atoms with E-state index in [-0.39, 0.29) is 16.8 Å². The van der Waals surface area contributed by atoms with Gasteiger partial charge in [0.1, 0.15) is 11.6 Å². The molecule has 1 unspecified atom stereocenters. The number of carbonyl (C=O) groups excluding carboxylic acids is 1. The molecular formula is C19H28FN3O2. The molecule has 5 nitrogen and oxygen atoms in total. The van der Waals surface area contributed by atoms with Crippen LogP contribution in [0.25, 0.3) is 0 Å². The first-order valence-electron chi connectivity index (χ1n) is 8.46. The van der Waals surface area contributed by atoms with E-state index in [0.29, 0.717) is 19.0 Å². The molecule has 0 saturated carbocycles. The smallest absolute Gasteiger partial charge is 0.410 e. The van der Waals surface area contributed by atoms with Gasteiger partial charge in [0.2, 0.25) is 0 Å². The van der Waals surface area contributed by atoms with E-state index in [1.54, 1.807) is 4.90 Å². The number of hydrogen-bond donors (Lipinski definition) is 1. The van der Waals surface area contributed by atoms with Gasteiger partial charge in [-0.25, -0.2) is 4.79 Å². The van der Waals surface area contributed by atoms with Gasteiger partial charge in [-0.1, -0.05) is 37.3 Å². The van der Waals surface area contributed by atoms with Crippen LogP contribution in [-0.4, -0.2) is 35.2 Å². The Morgan fingerprint density at radius 3 is 2.60 bits per heavy atom. The van der Waals surface area contributed by atoms with E-state index in [1.165, 1.54) is 0 Å². The number of likely N-dealkylation sites (tertiary alicyclic amines) is 1. The van der Waals surface area contributed by atoms with Crippen molar-refractivity contribution >= 4 is 6.09 Å². The Balaban J connectivity index is 0.00000312. The van der Waals surface area contributed by atoms with Crippen molar-refractivity contribution < 1.29 is 14.2 Å². The standard InChI is InChI=1S/C19H27N3O2.FH/c1-14-10-17(22(13-14)18(23)24-19(2,3)4)16(11-20)21-12-15-8-6-5-7-9-15;/h5-9,14,16-17,21H,10,12-13H2,1-4H3;1H/t14-,16?,17+;/m1./s1. The molecule has 0 bridgehead atoms. The largest absolute Gasteiger partial charge is 0.444 e. The second-order valence-electron chi connectivity index (χ2n) is 7.51. The normalized spacial score (nSPS) is 21.2. The van der Waals surface area contributed by atoms with Crippen molar-refractivity contribution in [3.63, 3.8) is 0 Å². The molecule has 1 aliphatic rings. The maximum Gasteiger partial charge on any atom is 0.410 e. The van der Waals surface area contributed by atoms with Crippen LogP contribution in [0.2, 0.25) is 0 Å². The molecule has 25 heavy (non-hydrogen) atoms. The summed E-state index contributed by atoms with van der Waals surface area (Å²) in [5.74, 6) is 0.358. The third kappa shape index (κ3) is 6.02. The average molecular weight is 349 g/mol. The molecule has 3 atom stereocenters. The summed E-state index contributed by atoms with van der Waals surface area (Å²) in [6, 6.07) is 11.7. The fourth-order valence-corrected chi connectivity index (χ4v) is 3.02. The van der Waals surface area contributed by atoms with E-state index >= 15 is 0 Å². The third-order valence-electron chi connectivity index (χ3n) is 4.07. The van der Waals surface area contributed by atoms with Crippen molar-refractivity contribution in [1.82, 2.24) is 10.2 Å². The van der Waals surface area contributed by atoms with E-state index in [4.69, 9.17) is 4.74 Å². The van der Waals surface area contributed by atoms with Gasteiger partial charge in [-0.3, -0.25) is 10.0 Å². The second kappa shape index (κ2) is 8.82. The van der Waals surface area contributed by atoms with Crippen LogP contribution in [0.4, 0.5) is 9.50 Å². The third-order valence-corrected chi connectivity index (χ3v) is 4.07.